The topological polar surface area (TPSA) is 92.9 Å². The Morgan fingerprint density at radius 3 is 2.27 bits per heavy atom. The fraction of sp³-hybridized carbons (Fsp3) is 0.345. The van der Waals surface area contributed by atoms with Crippen molar-refractivity contribution in [2.24, 2.45) is 0 Å². The second-order valence-corrected chi connectivity index (χ2v) is 11.7. The number of fused-ring (bicyclic) bond motifs is 2. The van der Waals surface area contributed by atoms with Gasteiger partial charge in [-0.15, -0.1) is 11.3 Å². The molecule has 192 valence electrons. The Labute approximate surface area is 220 Å². The van der Waals surface area contributed by atoms with E-state index in [-0.39, 0.29) is 24.4 Å². The lowest BCUT2D eigenvalue weighted by molar-refractivity contribution is 0.00678. The van der Waals surface area contributed by atoms with Crippen molar-refractivity contribution < 1.29 is 19.1 Å². The molecule has 0 fully saturated rings. The maximum absolute atomic E-state index is 13.1. The minimum Gasteiger partial charge on any atom is -0.456 e. The van der Waals surface area contributed by atoms with Gasteiger partial charge in [-0.1, -0.05) is 42.5 Å². The third kappa shape index (κ3) is 5.04. The molecule has 3 aromatic rings. The van der Waals surface area contributed by atoms with Crippen LogP contribution in [0.4, 0.5) is 5.00 Å². The number of amides is 2. The van der Waals surface area contributed by atoms with Crippen molar-refractivity contribution in [3.05, 3.63) is 87.3 Å². The van der Waals surface area contributed by atoms with E-state index in [1.165, 1.54) is 21.8 Å². The van der Waals surface area contributed by atoms with E-state index >= 15 is 0 Å². The van der Waals surface area contributed by atoms with E-state index in [1.54, 1.807) is 24.3 Å². The number of esters is 1. The zero-order valence-electron chi connectivity index (χ0n) is 21.3. The van der Waals surface area contributed by atoms with Crippen molar-refractivity contribution in [3.63, 3.8) is 0 Å². The summed E-state index contributed by atoms with van der Waals surface area (Å²) >= 11 is 1.42. The fourth-order valence-corrected chi connectivity index (χ4v) is 6.20. The first kappa shape index (κ1) is 25.2. The lowest BCUT2D eigenvalue weighted by atomic mass is 9.95. The molecule has 7 nitrogen and oxygen atoms in total. The van der Waals surface area contributed by atoms with Gasteiger partial charge >= 0.3 is 5.97 Å². The monoisotopic (exact) mass is 517 g/mol. The predicted octanol–water partition coefficient (Wildman–Crippen LogP) is 4.55. The van der Waals surface area contributed by atoms with Gasteiger partial charge in [-0.2, -0.15) is 0 Å². The van der Waals surface area contributed by atoms with Gasteiger partial charge < -0.3 is 10.5 Å². The molecule has 2 aliphatic heterocycles. The second-order valence-electron chi connectivity index (χ2n) is 10.6. The molecular formula is C29H31N3O4S. The van der Waals surface area contributed by atoms with Crippen LogP contribution in [-0.4, -0.2) is 52.3 Å². The number of nitrogens with two attached hydrogens (primary N) is 1. The largest absolute Gasteiger partial charge is 0.456 e. The first-order valence-corrected chi connectivity index (χ1v) is 13.3. The van der Waals surface area contributed by atoms with Crippen LogP contribution in [0.25, 0.3) is 0 Å². The molecule has 5 rings (SSSR count). The number of thiophene rings is 1. The van der Waals surface area contributed by atoms with E-state index in [4.69, 9.17) is 10.5 Å². The Kier molecular flexibility index (Phi) is 6.64. The van der Waals surface area contributed by atoms with E-state index in [2.05, 4.69) is 17.0 Å². The van der Waals surface area contributed by atoms with Gasteiger partial charge in [-0.25, -0.2) is 4.79 Å². The van der Waals surface area contributed by atoms with Gasteiger partial charge in [0.1, 0.15) is 10.6 Å². The number of benzene rings is 2. The van der Waals surface area contributed by atoms with E-state index in [0.29, 0.717) is 34.7 Å². The highest BCUT2D eigenvalue weighted by Gasteiger charge is 2.40. The highest BCUT2D eigenvalue weighted by molar-refractivity contribution is 7.16. The molecular weight excluding hydrogens is 486 g/mol. The van der Waals surface area contributed by atoms with Crippen molar-refractivity contribution in [2.45, 2.75) is 51.8 Å². The van der Waals surface area contributed by atoms with Crippen molar-refractivity contribution >= 4 is 34.1 Å². The average molecular weight is 518 g/mol. The first-order valence-electron chi connectivity index (χ1n) is 12.5. The Morgan fingerprint density at radius 1 is 1.03 bits per heavy atom. The Hall–Kier alpha value is -3.49. The van der Waals surface area contributed by atoms with Crippen LogP contribution in [0.5, 0.6) is 0 Å². The molecule has 37 heavy (non-hydrogen) atoms. The fourth-order valence-electron chi connectivity index (χ4n) is 5.08. The summed E-state index contributed by atoms with van der Waals surface area (Å²) in [5, 5.41) is 0.448. The van der Waals surface area contributed by atoms with Crippen LogP contribution in [0.3, 0.4) is 0 Å². The molecule has 2 aromatic carbocycles. The molecule has 8 heteroatoms. The van der Waals surface area contributed by atoms with Crippen molar-refractivity contribution in [3.8, 4) is 0 Å². The molecule has 0 saturated heterocycles. The number of carbonyl (C=O) groups is 3. The lowest BCUT2D eigenvalue weighted by Crippen LogP contribution is -2.49. The van der Waals surface area contributed by atoms with E-state index in [1.807, 2.05) is 39.0 Å². The summed E-state index contributed by atoms with van der Waals surface area (Å²) in [4.78, 5) is 44.0. The van der Waals surface area contributed by atoms with Crippen LogP contribution in [0.2, 0.25) is 0 Å². The van der Waals surface area contributed by atoms with Gasteiger partial charge in [0.2, 0.25) is 0 Å². The van der Waals surface area contributed by atoms with Gasteiger partial charge in [0.25, 0.3) is 11.8 Å². The predicted molar refractivity (Wildman–Crippen MR) is 144 cm³/mol. The highest BCUT2D eigenvalue weighted by Crippen LogP contribution is 2.38. The number of nitrogens with zero attached hydrogens (tertiary/aromatic N) is 2. The van der Waals surface area contributed by atoms with Gasteiger partial charge in [0, 0.05) is 30.6 Å². The van der Waals surface area contributed by atoms with E-state index in [9.17, 15) is 14.4 Å². The number of rotatable bonds is 6. The summed E-state index contributed by atoms with van der Waals surface area (Å²) < 4.78 is 5.66. The summed E-state index contributed by atoms with van der Waals surface area (Å²) in [6, 6.07) is 17.0. The summed E-state index contributed by atoms with van der Waals surface area (Å²) in [5.41, 5.74) is 9.08. The number of anilines is 1. The Balaban J connectivity index is 1.44. The second kappa shape index (κ2) is 9.76. The van der Waals surface area contributed by atoms with E-state index in [0.717, 1.165) is 23.4 Å². The summed E-state index contributed by atoms with van der Waals surface area (Å²) in [6.45, 7) is 7.07. The SMILES string of the molecule is CC(C)(C)OC(=O)c1c(N)sc2c1C[C@@H](CN1C(=O)c3ccccc3C1=O)N(CCc1ccccc1)C2. The molecule has 2 N–H and O–H groups in total. The maximum atomic E-state index is 13.1. The number of hydrogen-bond donors (Lipinski definition) is 1. The highest BCUT2D eigenvalue weighted by atomic mass is 32.1. The summed E-state index contributed by atoms with van der Waals surface area (Å²) in [6.07, 6.45) is 1.33. The third-order valence-corrected chi connectivity index (χ3v) is 7.87. The zero-order chi connectivity index (χ0) is 26.3. The van der Waals surface area contributed by atoms with Crippen molar-refractivity contribution in [2.75, 3.05) is 18.8 Å². The van der Waals surface area contributed by atoms with Gasteiger partial charge in [-0.3, -0.25) is 19.4 Å². The standard InChI is InChI=1S/C29H31N3O4S/c1-29(2,3)36-28(35)24-22-15-19(16-32-26(33)20-11-7-8-12-21(20)27(32)34)31(17-23(22)37-25(24)30)14-13-18-9-5-4-6-10-18/h4-12,19H,13-17,30H2,1-3H3/t19-/m0/s1. The van der Waals surface area contributed by atoms with Crippen molar-refractivity contribution in [1.82, 2.24) is 9.80 Å². The molecule has 1 aromatic heterocycles. The van der Waals surface area contributed by atoms with Crippen LogP contribution in [-0.2, 0) is 24.1 Å². The molecule has 2 aliphatic rings. The smallest absolute Gasteiger partial charge is 0.341 e. The molecule has 0 bridgehead atoms. The number of imide groups is 1. The third-order valence-electron chi connectivity index (χ3n) is 6.83. The molecule has 1 atom stereocenters. The molecule has 0 unspecified atom stereocenters. The van der Waals surface area contributed by atoms with Gasteiger partial charge in [0.05, 0.1) is 16.7 Å². The van der Waals surface area contributed by atoms with Crippen molar-refractivity contribution in [1.29, 1.82) is 0 Å². The number of hydrogen-bond acceptors (Lipinski definition) is 7. The first-order chi connectivity index (χ1) is 17.6. The minimum absolute atomic E-state index is 0.159. The number of carbonyl (C=O) groups excluding carboxylic acids is 3. The molecule has 0 spiro atoms. The minimum atomic E-state index is -0.645. The molecule has 0 radical (unpaired) electrons. The average Bonchev–Trinajstić information content (AvgIpc) is 3.30. The van der Waals surface area contributed by atoms with Crippen LogP contribution in [0.1, 0.15) is 67.8 Å². The summed E-state index contributed by atoms with van der Waals surface area (Å²) in [5.74, 6) is -0.974. The molecule has 2 amide bonds. The maximum Gasteiger partial charge on any atom is 0.341 e. The zero-order valence-corrected chi connectivity index (χ0v) is 22.1. The van der Waals surface area contributed by atoms with Crippen LogP contribution < -0.4 is 5.73 Å². The molecule has 0 saturated carbocycles. The van der Waals surface area contributed by atoms with Crippen LogP contribution in [0, 0.1) is 0 Å². The lowest BCUT2D eigenvalue weighted by Gasteiger charge is -2.37. The quantitative estimate of drug-likeness (QED) is 0.381. The summed E-state index contributed by atoms with van der Waals surface area (Å²) in [7, 11) is 0. The van der Waals surface area contributed by atoms with Gasteiger partial charge in [0.15, 0.2) is 0 Å². The number of nitrogen functional groups attached to an aromatic ring is 1. The van der Waals surface area contributed by atoms with E-state index < -0.39 is 11.6 Å². The number of ether oxygens (including phenoxy) is 1. The van der Waals surface area contributed by atoms with Crippen LogP contribution >= 0.6 is 11.3 Å². The normalized spacial score (nSPS) is 17.6. The van der Waals surface area contributed by atoms with Gasteiger partial charge in [-0.05, 0) is 56.9 Å². The Bertz CT molecular complexity index is 1320. The molecule has 0 aliphatic carbocycles. The Morgan fingerprint density at radius 2 is 1.65 bits per heavy atom. The van der Waals surface area contributed by atoms with Crippen LogP contribution in [0.15, 0.2) is 54.6 Å². The molecule has 3 heterocycles.